The number of hydrogen-bond donors (Lipinski definition) is 0. The van der Waals surface area contributed by atoms with Crippen LogP contribution in [0, 0.1) is 6.92 Å². The average molecular weight is 348 g/mol. The maximum atomic E-state index is 13.4. The maximum absolute atomic E-state index is 13.4. The van der Waals surface area contributed by atoms with Gasteiger partial charge in [0.2, 0.25) is 0 Å². The van der Waals surface area contributed by atoms with Crippen molar-refractivity contribution in [1.29, 1.82) is 0 Å². The highest BCUT2D eigenvalue weighted by molar-refractivity contribution is 6.07. The molecular weight excluding hydrogens is 324 g/mol. The molecule has 1 aliphatic heterocycles. The van der Waals surface area contributed by atoms with Gasteiger partial charge in [-0.05, 0) is 50.8 Å². The maximum Gasteiger partial charge on any atom is 0.254 e. The fraction of sp³-hybridized carbons (Fsp3) is 0.381. The monoisotopic (exact) mass is 348 g/mol. The van der Waals surface area contributed by atoms with Gasteiger partial charge in [-0.2, -0.15) is 5.10 Å². The summed E-state index contributed by atoms with van der Waals surface area (Å²) < 4.78 is 1.76. The van der Waals surface area contributed by atoms with Crippen LogP contribution in [-0.4, -0.2) is 38.2 Å². The van der Waals surface area contributed by atoms with Crippen molar-refractivity contribution >= 4 is 16.8 Å². The van der Waals surface area contributed by atoms with Crippen LogP contribution in [0.25, 0.3) is 22.2 Å². The van der Waals surface area contributed by atoms with E-state index in [1.165, 1.54) is 6.42 Å². The highest BCUT2D eigenvalue weighted by atomic mass is 16.2. The van der Waals surface area contributed by atoms with Gasteiger partial charge in [0.25, 0.3) is 5.91 Å². The molecule has 1 atom stereocenters. The molecule has 1 aromatic carbocycles. The number of aryl methyl sites for hydroxylation is 2. The molecule has 1 fully saturated rings. The summed E-state index contributed by atoms with van der Waals surface area (Å²) in [5.41, 5.74) is 4.46. The summed E-state index contributed by atoms with van der Waals surface area (Å²) in [6, 6.07) is 8.33. The summed E-state index contributed by atoms with van der Waals surface area (Å²) in [7, 11) is 1.89. The SMILES string of the molecule is Cc1ccc2c(C(=O)N3CCCC[C@@H]3C)cc(-c3cnn(C)c3)nc2c1. The Morgan fingerprint density at radius 1 is 1.23 bits per heavy atom. The number of carbonyl (C=O) groups is 1. The van der Waals surface area contributed by atoms with E-state index in [-0.39, 0.29) is 11.9 Å². The van der Waals surface area contributed by atoms with Gasteiger partial charge in [-0.3, -0.25) is 9.48 Å². The number of nitrogens with zero attached hydrogens (tertiary/aromatic N) is 4. The van der Waals surface area contributed by atoms with Crippen LogP contribution in [-0.2, 0) is 7.05 Å². The number of likely N-dealkylation sites (tertiary alicyclic amines) is 1. The number of fused-ring (bicyclic) bond motifs is 1. The summed E-state index contributed by atoms with van der Waals surface area (Å²) in [4.78, 5) is 20.2. The molecule has 0 aliphatic carbocycles. The number of rotatable bonds is 2. The van der Waals surface area contributed by atoms with E-state index >= 15 is 0 Å². The summed E-state index contributed by atoms with van der Waals surface area (Å²) in [5, 5.41) is 5.17. The molecule has 1 saturated heterocycles. The lowest BCUT2D eigenvalue weighted by molar-refractivity contribution is 0.0637. The third-order valence-corrected chi connectivity index (χ3v) is 5.26. The Labute approximate surface area is 153 Å². The lowest BCUT2D eigenvalue weighted by atomic mass is 9.99. The van der Waals surface area contributed by atoms with Gasteiger partial charge in [0, 0.05) is 36.8 Å². The van der Waals surface area contributed by atoms with Crippen LogP contribution in [0.15, 0.2) is 36.7 Å². The van der Waals surface area contributed by atoms with Gasteiger partial charge in [0.15, 0.2) is 0 Å². The summed E-state index contributed by atoms with van der Waals surface area (Å²) in [6.45, 7) is 5.02. The minimum Gasteiger partial charge on any atom is -0.336 e. The number of hydrogen-bond acceptors (Lipinski definition) is 3. The summed E-state index contributed by atoms with van der Waals surface area (Å²) in [5.74, 6) is 0.110. The van der Waals surface area contributed by atoms with Crippen molar-refractivity contribution in [3.8, 4) is 11.3 Å². The van der Waals surface area contributed by atoms with Crippen LogP contribution in [0.5, 0.6) is 0 Å². The number of aromatic nitrogens is 3. The average Bonchev–Trinajstić information content (AvgIpc) is 3.07. The lowest BCUT2D eigenvalue weighted by Gasteiger charge is -2.33. The second kappa shape index (κ2) is 6.56. The van der Waals surface area contributed by atoms with Gasteiger partial charge in [-0.15, -0.1) is 0 Å². The van der Waals surface area contributed by atoms with Crippen molar-refractivity contribution in [3.05, 3.63) is 47.8 Å². The molecule has 1 amide bonds. The van der Waals surface area contributed by atoms with Crippen molar-refractivity contribution < 1.29 is 4.79 Å². The predicted molar refractivity (Wildman–Crippen MR) is 103 cm³/mol. The minimum atomic E-state index is 0.110. The van der Waals surface area contributed by atoms with Crippen LogP contribution < -0.4 is 0 Å². The van der Waals surface area contributed by atoms with Crippen molar-refractivity contribution in [2.45, 2.75) is 39.2 Å². The van der Waals surface area contributed by atoms with Crippen molar-refractivity contribution in [3.63, 3.8) is 0 Å². The zero-order valence-electron chi connectivity index (χ0n) is 15.6. The molecule has 4 rings (SSSR count). The van der Waals surface area contributed by atoms with Crippen molar-refractivity contribution in [2.75, 3.05) is 6.54 Å². The highest BCUT2D eigenvalue weighted by Gasteiger charge is 2.26. The number of piperidine rings is 1. The molecular formula is C21H24N4O. The second-order valence-electron chi connectivity index (χ2n) is 7.32. The van der Waals surface area contributed by atoms with E-state index in [9.17, 15) is 4.79 Å². The van der Waals surface area contributed by atoms with E-state index in [1.54, 1.807) is 10.9 Å². The first kappa shape index (κ1) is 16.8. The van der Waals surface area contributed by atoms with Crippen molar-refractivity contribution in [1.82, 2.24) is 19.7 Å². The largest absolute Gasteiger partial charge is 0.336 e. The third kappa shape index (κ3) is 2.98. The van der Waals surface area contributed by atoms with Crippen LogP contribution in [0.1, 0.15) is 42.1 Å². The molecule has 3 aromatic rings. The topological polar surface area (TPSA) is 51.0 Å². The molecule has 26 heavy (non-hydrogen) atoms. The Morgan fingerprint density at radius 3 is 2.81 bits per heavy atom. The lowest BCUT2D eigenvalue weighted by Crippen LogP contribution is -2.42. The molecule has 0 N–H and O–H groups in total. The van der Waals surface area contributed by atoms with Crippen molar-refractivity contribution in [2.24, 2.45) is 7.05 Å². The molecule has 0 bridgehead atoms. The molecule has 2 aromatic heterocycles. The molecule has 0 radical (unpaired) electrons. The minimum absolute atomic E-state index is 0.110. The molecule has 0 spiro atoms. The zero-order valence-corrected chi connectivity index (χ0v) is 15.6. The van der Waals surface area contributed by atoms with Gasteiger partial charge in [0.1, 0.15) is 0 Å². The molecule has 0 saturated carbocycles. The van der Waals surface area contributed by atoms with E-state index in [1.807, 2.05) is 49.3 Å². The van der Waals surface area contributed by atoms with Gasteiger partial charge in [0.05, 0.1) is 23.0 Å². The summed E-state index contributed by atoms with van der Waals surface area (Å²) >= 11 is 0. The van der Waals surface area contributed by atoms with E-state index in [0.29, 0.717) is 0 Å². The Bertz CT molecular complexity index is 975. The third-order valence-electron chi connectivity index (χ3n) is 5.26. The van der Waals surface area contributed by atoms with Crippen LogP contribution in [0.2, 0.25) is 0 Å². The molecule has 5 heteroatoms. The highest BCUT2D eigenvalue weighted by Crippen LogP contribution is 2.28. The quantitative estimate of drug-likeness (QED) is 0.704. The Morgan fingerprint density at radius 2 is 2.08 bits per heavy atom. The van der Waals surface area contributed by atoms with E-state index in [0.717, 1.165) is 52.7 Å². The molecule has 134 valence electrons. The first-order chi connectivity index (χ1) is 12.5. The Hall–Kier alpha value is -2.69. The van der Waals surface area contributed by atoms with Gasteiger partial charge in [-0.1, -0.05) is 12.1 Å². The molecule has 1 aliphatic rings. The van der Waals surface area contributed by atoms with E-state index in [4.69, 9.17) is 4.98 Å². The number of benzene rings is 1. The van der Waals surface area contributed by atoms with Gasteiger partial charge in [-0.25, -0.2) is 4.98 Å². The Balaban J connectivity index is 1.87. The molecule has 3 heterocycles. The fourth-order valence-electron chi connectivity index (χ4n) is 3.77. The van der Waals surface area contributed by atoms with Gasteiger partial charge < -0.3 is 4.90 Å². The smallest absolute Gasteiger partial charge is 0.254 e. The standard InChI is InChI=1S/C21H24N4O/c1-14-7-8-17-18(21(26)25-9-5-4-6-15(25)2)11-19(23-20(17)10-14)16-12-22-24(3)13-16/h7-8,10-13,15H,4-6,9H2,1-3H3/t15-/m0/s1. The fourth-order valence-corrected chi connectivity index (χ4v) is 3.77. The van der Waals surface area contributed by atoms with E-state index in [2.05, 4.69) is 12.0 Å². The van der Waals surface area contributed by atoms with Crippen LogP contribution in [0.3, 0.4) is 0 Å². The molecule has 5 nitrogen and oxygen atoms in total. The van der Waals surface area contributed by atoms with Crippen LogP contribution in [0.4, 0.5) is 0 Å². The zero-order chi connectivity index (χ0) is 18.3. The summed E-state index contributed by atoms with van der Waals surface area (Å²) in [6.07, 6.45) is 7.07. The van der Waals surface area contributed by atoms with E-state index < -0.39 is 0 Å². The molecule has 0 unspecified atom stereocenters. The predicted octanol–water partition coefficient (Wildman–Crippen LogP) is 3.96. The Kier molecular flexibility index (Phi) is 4.23. The normalized spacial score (nSPS) is 17.7. The number of pyridine rings is 1. The van der Waals surface area contributed by atoms with Gasteiger partial charge >= 0.3 is 0 Å². The number of carbonyl (C=O) groups excluding carboxylic acids is 1. The first-order valence-corrected chi connectivity index (χ1v) is 9.24. The number of amides is 1. The van der Waals surface area contributed by atoms with Crippen LogP contribution >= 0.6 is 0 Å². The second-order valence-corrected chi connectivity index (χ2v) is 7.32. The first-order valence-electron chi connectivity index (χ1n) is 9.24.